The number of aliphatic hydroxyl groups excluding tert-OH is 1. The molecule has 0 aliphatic carbocycles. The molecule has 58 heavy (non-hydrogen) atoms. The molecule has 0 amide bonds. The van der Waals surface area contributed by atoms with Crippen LogP contribution < -0.4 is 9.64 Å². The molecular weight excluding hydrogens is 769 g/mol. The third-order valence-electron chi connectivity index (χ3n) is 12.2. The van der Waals surface area contributed by atoms with Gasteiger partial charge in [0.15, 0.2) is 0 Å². The molecule has 3 aromatic rings. The van der Waals surface area contributed by atoms with Crippen LogP contribution in [-0.2, 0) is 41.9 Å². The number of nitrogens with zero attached hydrogens (tertiary/aromatic N) is 2. The van der Waals surface area contributed by atoms with Crippen LogP contribution in [0.2, 0.25) is 16.6 Å². The molecule has 2 aliphatic heterocycles. The molecule has 1 N–H and O–H groups in total. The molecule has 0 bridgehead atoms. The second kappa shape index (κ2) is 20.6. The van der Waals surface area contributed by atoms with Crippen LogP contribution in [0.25, 0.3) is 0 Å². The van der Waals surface area contributed by atoms with Gasteiger partial charge in [-0.15, -0.1) is 0 Å². The van der Waals surface area contributed by atoms with Crippen molar-refractivity contribution in [2.45, 2.75) is 128 Å². The number of ether oxygens (including phenoxy) is 4. The van der Waals surface area contributed by atoms with Crippen LogP contribution in [0.4, 0.5) is 5.69 Å². The van der Waals surface area contributed by atoms with Gasteiger partial charge in [-0.3, -0.25) is 0 Å². The molecule has 1 saturated heterocycles. The van der Waals surface area contributed by atoms with E-state index in [1.54, 1.807) is 23.5 Å². The highest BCUT2D eigenvalue weighted by molar-refractivity contribution is 7.89. The average Bonchev–Trinajstić information content (AvgIpc) is 3.19. The van der Waals surface area contributed by atoms with E-state index >= 15 is 0 Å². The topological polar surface area (TPSA) is 107 Å². The Morgan fingerprint density at radius 3 is 2.10 bits per heavy atom. The molecule has 2 heterocycles. The molecule has 3 aromatic carbocycles. The predicted molar refractivity (Wildman–Crippen MR) is 235 cm³/mol. The number of aliphatic hydroxyl groups is 1. The third-order valence-corrected chi connectivity index (χ3v) is 20.2. The first-order valence-corrected chi connectivity index (χ1v) is 24.9. The van der Waals surface area contributed by atoms with Gasteiger partial charge in [0.25, 0.3) is 0 Å². The molecule has 2 aliphatic rings. The molecule has 0 radical (unpaired) electrons. The van der Waals surface area contributed by atoms with Crippen molar-refractivity contribution >= 4 is 24.0 Å². The molecule has 12 heteroatoms. The summed E-state index contributed by atoms with van der Waals surface area (Å²) in [5, 5.41) is 10.3. The van der Waals surface area contributed by atoms with E-state index in [1.807, 2.05) is 45.0 Å². The normalized spacial score (nSPS) is 19.9. The fourth-order valence-corrected chi connectivity index (χ4v) is 16.0. The Morgan fingerprint density at radius 2 is 1.48 bits per heavy atom. The molecule has 0 saturated carbocycles. The molecule has 1 unspecified atom stereocenters. The second-order valence-corrected chi connectivity index (χ2v) is 24.9. The maximum Gasteiger partial charge on any atom is 0.243 e. The van der Waals surface area contributed by atoms with E-state index in [2.05, 4.69) is 76.8 Å². The molecule has 10 nitrogen and oxygen atoms in total. The maximum atomic E-state index is 14.6. The van der Waals surface area contributed by atoms with E-state index in [-0.39, 0.29) is 43.0 Å². The summed E-state index contributed by atoms with van der Waals surface area (Å²) < 4.78 is 62.7. The lowest BCUT2D eigenvalue weighted by Gasteiger charge is -2.50. The number of sulfonamides is 1. The predicted octanol–water partition coefficient (Wildman–Crippen LogP) is 8.70. The Morgan fingerprint density at radius 1 is 0.845 bits per heavy atom. The highest BCUT2D eigenvalue weighted by Crippen LogP contribution is 2.47. The zero-order chi connectivity index (χ0) is 42.2. The summed E-state index contributed by atoms with van der Waals surface area (Å²) in [7, 11) is -4.68. The van der Waals surface area contributed by atoms with Crippen LogP contribution in [0.15, 0.2) is 71.6 Å². The van der Waals surface area contributed by atoms with E-state index in [4.69, 9.17) is 23.4 Å². The number of rotatable bonds is 20. The minimum atomic E-state index is -3.89. The van der Waals surface area contributed by atoms with Crippen molar-refractivity contribution < 1.29 is 36.9 Å². The van der Waals surface area contributed by atoms with Crippen LogP contribution in [0.3, 0.4) is 0 Å². The van der Waals surface area contributed by atoms with E-state index in [0.29, 0.717) is 36.4 Å². The van der Waals surface area contributed by atoms with Crippen LogP contribution in [-0.4, -0.2) is 97.6 Å². The van der Waals surface area contributed by atoms with Gasteiger partial charge in [-0.2, -0.15) is 4.31 Å². The minimum absolute atomic E-state index is 0.115. The smallest absolute Gasteiger partial charge is 0.243 e. The largest absolute Gasteiger partial charge is 0.490 e. The Hall–Kier alpha value is -2.81. The van der Waals surface area contributed by atoms with Gasteiger partial charge in [0.05, 0.1) is 55.3 Å². The van der Waals surface area contributed by atoms with Gasteiger partial charge in [-0.25, -0.2) is 8.42 Å². The van der Waals surface area contributed by atoms with Gasteiger partial charge < -0.3 is 33.4 Å². The van der Waals surface area contributed by atoms with E-state index in [1.165, 1.54) is 0 Å². The lowest BCUT2D eigenvalue weighted by molar-refractivity contribution is -0.0505. The summed E-state index contributed by atoms with van der Waals surface area (Å²) in [6.45, 7) is 23.8. The summed E-state index contributed by atoms with van der Waals surface area (Å²) in [5.41, 5.74) is 5.94. The monoisotopic (exact) mass is 838 g/mol. The Kier molecular flexibility index (Phi) is 16.5. The first-order valence-electron chi connectivity index (χ1n) is 21.3. The summed E-state index contributed by atoms with van der Waals surface area (Å²) in [5.74, 6) is 0.716. The minimum Gasteiger partial charge on any atom is -0.490 e. The first kappa shape index (κ1) is 46.3. The van der Waals surface area contributed by atoms with Crippen LogP contribution in [0, 0.1) is 12.8 Å². The number of methoxy groups -OCH3 is 1. The molecule has 1 fully saturated rings. The van der Waals surface area contributed by atoms with Crippen molar-refractivity contribution in [1.29, 1.82) is 0 Å². The van der Waals surface area contributed by atoms with Crippen molar-refractivity contribution in [3.63, 3.8) is 0 Å². The standard InChI is InChI=1S/C46H70N2O8SSi/c1-32(2)42(49)31-53-29-37-14-17-39(18-15-37)46-44(55-30-38-16-21-43-41(26-38)47(23-25-54-43)22-11-24-52-10)27-48(57(50,51)40-19-12-36(9)13-20-40)28-45(46)56-58(33(3)4,34(5)6)35(7)8/h12-21,26,32-35,42,44-46,49H,11,22-25,27-31H2,1-10H3/t42?,44-,45+,46+/m0/s1. The Bertz CT molecular complexity index is 1820. The highest BCUT2D eigenvalue weighted by Gasteiger charge is 2.51. The van der Waals surface area contributed by atoms with Crippen molar-refractivity contribution in [3.8, 4) is 5.75 Å². The van der Waals surface area contributed by atoms with Gasteiger partial charge >= 0.3 is 0 Å². The zero-order valence-corrected chi connectivity index (χ0v) is 38.5. The van der Waals surface area contributed by atoms with Crippen molar-refractivity contribution in [2.75, 3.05) is 58.0 Å². The zero-order valence-electron chi connectivity index (χ0n) is 36.6. The van der Waals surface area contributed by atoms with E-state index < -0.39 is 36.7 Å². The Labute approximate surface area is 350 Å². The van der Waals surface area contributed by atoms with Crippen molar-refractivity contribution in [3.05, 3.63) is 89.0 Å². The number of hydrogen-bond acceptors (Lipinski definition) is 9. The summed E-state index contributed by atoms with van der Waals surface area (Å²) in [4.78, 5) is 2.61. The van der Waals surface area contributed by atoms with Crippen LogP contribution in [0.1, 0.15) is 90.0 Å². The van der Waals surface area contributed by atoms with Crippen LogP contribution >= 0.6 is 0 Å². The van der Waals surface area contributed by atoms with Crippen molar-refractivity contribution in [1.82, 2.24) is 4.31 Å². The fraction of sp³-hybridized carbons (Fsp3) is 0.609. The molecule has 4 atom stereocenters. The van der Waals surface area contributed by atoms with E-state index in [9.17, 15) is 13.5 Å². The molecular formula is C46H70N2O8SSi. The lowest BCUT2D eigenvalue weighted by atomic mass is 9.85. The molecule has 0 spiro atoms. The van der Waals surface area contributed by atoms with Gasteiger partial charge in [0.2, 0.25) is 18.3 Å². The first-order chi connectivity index (χ1) is 27.6. The molecule has 5 rings (SSSR count). The number of piperidine rings is 1. The molecule has 0 aromatic heterocycles. The fourth-order valence-electron chi connectivity index (χ4n) is 8.93. The third kappa shape index (κ3) is 10.9. The van der Waals surface area contributed by atoms with Gasteiger partial charge in [0, 0.05) is 39.3 Å². The average molecular weight is 839 g/mol. The lowest BCUT2D eigenvalue weighted by Crippen LogP contribution is -2.59. The number of aryl methyl sites for hydroxylation is 1. The summed E-state index contributed by atoms with van der Waals surface area (Å²) >= 11 is 0. The van der Waals surface area contributed by atoms with E-state index in [0.717, 1.165) is 53.2 Å². The summed E-state index contributed by atoms with van der Waals surface area (Å²) in [6.07, 6.45) is -0.601. The molecule has 322 valence electrons. The SMILES string of the molecule is COCCCN1CCOc2ccc(CO[C@H]3CN(S(=O)(=O)c4ccc(C)cc4)C[C@@H](O[Si](C(C)C)(C(C)C)C(C)C)[C@@H]3c3ccc(COCC(O)C(C)C)cc3)cc21. The quantitative estimate of drug-likeness (QED) is 0.0884. The second-order valence-electron chi connectivity index (χ2n) is 17.5. The van der Waals surface area contributed by atoms with Gasteiger partial charge in [-0.1, -0.05) is 103 Å². The van der Waals surface area contributed by atoms with Crippen molar-refractivity contribution in [2.24, 2.45) is 5.92 Å². The van der Waals surface area contributed by atoms with Gasteiger partial charge in [-0.05, 0) is 76.8 Å². The summed E-state index contributed by atoms with van der Waals surface area (Å²) in [6, 6.07) is 21.7. The van der Waals surface area contributed by atoms with Crippen LogP contribution in [0.5, 0.6) is 5.75 Å². The Balaban J connectivity index is 1.55. The number of benzene rings is 3. The number of hydrogen-bond donors (Lipinski definition) is 1. The van der Waals surface area contributed by atoms with Gasteiger partial charge in [0.1, 0.15) is 12.4 Å². The number of anilines is 1. The maximum absolute atomic E-state index is 14.6. The number of fused-ring (bicyclic) bond motifs is 1. The highest BCUT2D eigenvalue weighted by atomic mass is 32.2.